The van der Waals surface area contributed by atoms with Crippen molar-refractivity contribution in [3.63, 3.8) is 0 Å². The number of nitrogens with zero attached hydrogens (tertiary/aromatic N) is 2. The lowest BCUT2D eigenvalue weighted by atomic mass is 9.49. The fourth-order valence-corrected chi connectivity index (χ4v) is 44.7. The summed E-state index contributed by atoms with van der Waals surface area (Å²) >= 11 is 0. The summed E-state index contributed by atoms with van der Waals surface area (Å²) in [6.07, 6.45) is 59.2. The quantitative estimate of drug-likeness (QED) is 0.0746. The van der Waals surface area contributed by atoms with E-state index < -0.39 is 0 Å². The van der Waals surface area contributed by atoms with Crippen molar-refractivity contribution in [1.82, 2.24) is 0 Å². The minimum absolute atomic E-state index is 0.655. The van der Waals surface area contributed by atoms with Crippen LogP contribution in [0.5, 0.6) is 0 Å². The Morgan fingerprint density at radius 1 is 0.175 bits per heavy atom. The Labute approximate surface area is 755 Å². The first kappa shape index (κ1) is 74.4. The maximum atomic E-state index is 3.20. The number of benzene rings is 8. The van der Waals surface area contributed by atoms with Crippen LogP contribution in [-0.2, 0) is 0 Å². The zero-order chi connectivity index (χ0) is 81.1. The van der Waals surface area contributed by atoms with Crippen molar-refractivity contribution in [2.45, 2.75) is 304 Å². The van der Waals surface area contributed by atoms with Gasteiger partial charge >= 0.3 is 0 Å². The van der Waals surface area contributed by atoms with Crippen molar-refractivity contribution in [1.29, 1.82) is 0 Å². The van der Waals surface area contributed by atoms with Gasteiger partial charge in [-0.05, 0) is 578 Å². The van der Waals surface area contributed by atoms with Crippen molar-refractivity contribution in [3.05, 3.63) is 190 Å². The lowest BCUT2D eigenvalue weighted by molar-refractivity contribution is -0.00507. The number of anilines is 6. The van der Waals surface area contributed by atoms with Crippen LogP contribution in [0.15, 0.2) is 146 Å². The van der Waals surface area contributed by atoms with E-state index in [1.54, 1.807) is 44.5 Å². The fourth-order valence-electron chi connectivity index (χ4n) is 44.7. The second-order valence-corrected chi connectivity index (χ2v) is 52.3. The van der Waals surface area contributed by atoms with Crippen LogP contribution in [-0.4, -0.2) is 0 Å². The van der Waals surface area contributed by atoms with Crippen LogP contribution < -0.4 is 9.80 Å². The van der Waals surface area contributed by atoms with E-state index in [2.05, 4.69) is 155 Å². The van der Waals surface area contributed by atoms with E-state index in [4.69, 9.17) is 0 Å². The molecule has 28 aliphatic rings. The molecular formula is C124H144N2. The Balaban J connectivity index is 0.678. The zero-order valence-corrected chi connectivity index (χ0v) is 76.1. The lowest BCUT2D eigenvalue weighted by Crippen LogP contribution is -2.44. The van der Waals surface area contributed by atoms with E-state index in [1.807, 2.05) is 0 Å². The van der Waals surface area contributed by atoms with E-state index in [-0.39, 0.29) is 0 Å². The molecule has 24 bridgehead atoms. The topological polar surface area (TPSA) is 6.48 Å². The van der Waals surface area contributed by atoms with Crippen molar-refractivity contribution in [2.75, 3.05) is 9.80 Å². The number of hydrogen-bond donors (Lipinski definition) is 0. The third-order valence-corrected chi connectivity index (χ3v) is 47.3. The van der Waals surface area contributed by atoms with E-state index in [1.165, 1.54) is 324 Å². The average molecular weight is 1660 g/mol. The van der Waals surface area contributed by atoms with Crippen molar-refractivity contribution >= 4 is 55.7 Å². The minimum Gasteiger partial charge on any atom is -0.309 e. The third kappa shape index (κ3) is 11.0. The molecule has 0 spiro atoms. The molecule has 8 aromatic rings. The van der Waals surface area contributed by atoms with Gasteiger partial charge in [0.2, 0.25) is 0 Å². The molecule has 36 rings (SSSR count). The molecule has 28 aliphatic carbocycles. The molecule has 20 unspecified atom stereocenters. The molecule has 0 N–H and O–H groups in total. The highest BCUT2D eigenvalue weighted by atomic mass is 15.2. The summed E-state index contributed by atoms with van der Waals surface area (Å²) in [4.78, 5) is 6.39. The summed E-state index contributed by atoms with van der Waals surface area (Å²) in [5.74, 6) is 34.0. The van der Waals surface area contributed by atoms with Crippen molar-refractivity contribution < 1.29 is 0 Å². The van der Waals surface area contributed by atoms with Gasteiger partial charge in [-0.3, -0.25) is 0 Å². The Kier molecular flexibility index (Phi) is 16.4. The summed E-state index contributed by atoms with van der Waals surface area (Å²) in [7, 11) is 0. The molecule has 126 heavy (non-hydrogen) atoms. The molecule has 0 aliphatic heterocycles. The molecule has 0 amide bonds. The Hall–Kier alpha value is -6.12. The molecule has 8 aromatic carbocycles. The summed E-state index contributed by atoms with van der Waals surface area (Å²) < 4.78 is 0. The predicted octanol–water partition coefficient (Wildman–Crippen LogP) is 32.9. The molecule has 28 saturated carbocycles. The van der Waals surface area contributed by atoms with Gasteiger partial charge in [0, 0.05) is 44.3 Å². The molecule has 20 atom stereocenters. The summed E-state index contributed by atoms with van der Waals surface area (Å²) in [6.45, 7) is 0. The van der Waals surface area contributed by atoms with Crippen LogP contribution in [0.4, 0.5) is 34.1 Å². The van der Waals surface area contributed by atoms with Gasteiger partial charge in [0.25, 0.3) is 0 Å². The zero-order valence-electron chi connectivity index (χ0n) is 76.1. The first-order chi connectivity index (χ1) is 62.2. The highest BCUT2D eigenvalue weighted by Crippen LogP contribution is 2.73. The molecule has 650 valence electrons. The van der Waals surface area contributed by atoms with Crippen LogP contribution in [0, 0.1) is 189 Å². The second kappa shape index (κ2) is 27.8. The minimum atomic E-state index is 0.655. The van der Waals surface area contributed by atoms with Crippen LogP contribution >= 0.6 is 0 Å². The summed E-state index contributed by atoms with van der Waals surface area (Å²) in [5, 5.41) is 5.93. The maximum Gasteiger partial charge on any atom is 0.0620 e. The van der Waals surface area contributed by atoms with E-state index >= 15 is 0 Å². The number of hydrogen-bond acceptors (Lipinski definition) is 2. The third-order valence-electron chi connectivity index (χ3n) is 47.3. The molecule has 0 aromatic heterocycles. The van der Waals surface area contributed by atoms with Crippen molar-refractivity contribution in [2.24, 2.45) is 189 Å². The van der Waals surface area contributed by atoms with E-state index in [0.717, 1.165) is 189 Å². The van der Waals surface area contributed by atoms with Crippen LogP contribution in [0.2, 0.25) is 0 Å². The fraction of sp³-hybridized carbons (Fsp3) is 0.645. The van der Waals surface area contributed by atoms with Gasteiger partial charge in [-0.15, -0.1) is 0 Å². The molecule has 28 fully saturated rings. The van der Waals surface area contributed by atoms with Gasteiger partial charge in [0.15, 0.2) is 0 Å². The molecule has 0 radical (unpaired) electrons. The molecule has 0 saturated heterocycles. The molecular weight excluding hydrogens is 1520 g/mol. The van der Waals surface area contributed by atoms with Gasteiger partial charge < -0.3 is 9.80 Å². The average Bonchev–Trinajstić information content (AvgIpc) is 0.848. The van der Waals surface area contributed by atoms with Gasteiger partial charge in [-0.2, -0.15) is 0 Å². The smallest absolute Gasteiger partial charge is 0.0620 e. The highest BCUT2D eigenvalue weighted by Gasteiger charge is 2.61. The van der Waals surface area contributed by atoms with Gasteiger partial charge in [0.1, 0.15) is 0 Å². The first-order valence-corrected chi connectivity index (χ1v) is 55.4. The normalized spacial score (nSPS) is 46.6. The highest BCUT2D eigenvalue weighted by molar-refractivity contribution is 6.24. The summed E-state index contributed by atoms with van der Waals surface area (Å²) in [5.41, 5.74) is 26.0. The SMILES string of the molecule is c1ccc(-c2ccc3c(N(c4cc(C5CC6CC5C5CCCC65)cc(C5CC6CC5C5CCCC65)c4)c4cc(C5C6CC7CC(C6)CC5C7)cc(C5C6CC7CC(C6)CC5C7)c4)c4ccccc4c(N(c4cc(C5CC6CC5C5CCCC65)cc(C5CC6CC5C5CCCC65)c4)c4cc(C5C6CC7CC(C6)CC5C7)cc(C5C6CC7CC(C6)CC5C7)c4)c3c2)cc1. The van der Waals surface area contributed by atoms with Gasteiger partial charge in [0.05, 0.1) is 11.4 Å². The Bertz CT molecular complexity index is 5380. The van der Waals surface area contributed by atoms with Gasteiger partial charge in [-0.1, -0.05) is 117 Å². The Morgan fingerprint density at radius 3 is 0.730 bits per heavy atom. The van der Waals surface area contributed by atoms with Crippen LogP contribution in [0.3, 0.4) is 0 Å². The monoisotopic (exact) mass is 1660 g/mol. The van der Waals surface area contributed by atoms with Crippen LogP contribution in [0.25, 0.3) is 32.7 Å². The van der Waals surface area contributed by atoms with Crippen LogP contribution in [0.1, 0.15) is 349 Å². The van der Waals surface area contributed by atoms with E-state index in [0.29, 0.717) is 47.3 Å². The van der Waals surface area contributed by atoms with Crippen molar-refractivity contribution in [3.8, 4) is 11.1 Å². The van der Waals surface area contributed by atoms with E-state index in [9.17, 15) is 0 Å². The predicted molar refractivity (Wildman–Crippen MR) is 515 cm³/mol. The first-order valence-electron chi connectivity index (χ1n) is 55.4. The summed E-state index contributed by atoms with van der Waals surface area (Å²) in [6, 6.07) is 67.1. The molecule has 2 heteroatoms. The molecule has 0 heterocycles. The number of fused-ring (bicyclic) bond motifs is 22. The van der Waals surface area contributed by atoms with Gasteiger partial charge in [-0.25, -0.2) is 0 Å². The Morgan fingerprint density at radius 2 is 0.429 bits per heavy atom. The second-order valence-electron chi connectivity index (χ2n) is 52.3. The lowest BCUT2D eigenvalue weighted by Gasteiger charge is -2.56. The molecule has 2 nitrogen and oxygen atoms in total. The number of rotatable bonds is 15. The maximum absolute atomic E-state index is 3.20. The standard InChI is InChI=1S/C124H144N2/c1-2-10-73(11-3-1)74-22-23-109-118(56-74)124(126(96-50-77(112-59-81-63-116(112)105-20-8-16-101(81)105)45-78(51-96)113-60-82-64-117(113)106-21-9-17-102(82)106)98-54-93(121-87-36-69-26-70(38-87)39-88(121)37-69)47-94(55-98)122-89-40-71-27-72(42-89)43-90(122)41-71)108-13-5-4-12-107(108)123(109)125(95-48-75(110-57-79-61-114(110)103-18-6-14-99(79)103)44-76(49-95)111-58-80-62-115(111)104-19-7-15-100(80)104)97-52-91(119-83-28-65-24-66(30-83)31-84(119)29-65)46-92(53-97)120-85-32-67-25-68(34-85)35-86(120)33-67/h1-5,10-13,22-23,44-56,65-72,79-90,99-106,110-117,119-122H,6-9,14-21,24-43,57-64H2. The largest absolute Gasteiger partial charge is 0.309 e.